The van der Waals surface area contributed by atoms with Crippen LogP contribution in [-0.4, -0.2) is 70.4 Å². The zero-order chi connectivity index (χ0) is 60.4. The fraction of sp³-hybridized carbons (Fsp3) is 0.697. The topological polar surface area (TPSA) is 173 Å². The predicted molar refractivity (Wildman–Crippen MR) is 322 cm³/mol. The largest absolute Gasteiger partial charge is 0.383 e. The van der Waals surface area contributed by atoms with Gasteiger partial charge in [-0.15, -0.1) is 0 Å². The lowest BCUT2D eigenvalue weighted by molar-refractivity contribution is -0.127. The SMILES string of the molecule is CC(C)C[C@H](CCCC(=O)C(C)C)C(=O)C(C)C.CC(C)NCc1ccc(C(=O)C(C)C)c(C(=O)C(C)(C)C)c1.CC(C)N[C@H](CCC(=O)C(C)C)C(=O)C(C)C.CC(C)Nc1cc(C(=O)C(C)C)cc(C(=O)C(C)C)c1. The number of rotatable bonds is 29. The molecule has 0 amide bonds. The number of hydrogen-bond donors (Lipinski definition) is 3. The molecule has 0 heterocycles. The van der Waals surface area contributed by atoms with Crippen LogP contribution in [0.25, 0.3) is 0 Å². The summed E-state index contributed by atoms with van der Waals surface area (Å²) in [6, 6.07) is 11.7. The van der Waals surface area contributed by atoms with Crippen molar-refractivity contribution in [3.8, 4) is 0 Å². The Morgan fingerprint density at radius 2 is 0.935 bits per heavy atom. The minimum atomic E-state index is -0.504. The van der Waals surface area contributed by atoms with E-state index in [4.69, 9.17) is 0 Å². The monoisotopic (exact) mass is 1070 g/mol. The van der Waals surface area contributed by atoms with Crippen molar-refractivity contribution in [2.45, 2.75) is 242 Å². The second-order valence-corrected chi connectivity index (χ2v) is 25.6. The van der Waals surface area contributed by atoms with E-state index in [0.29, 0.717) is 71.6 Å². The van der Waals surface area contributed by atoms with E-state index >= 15 is 0 Å². The van der Waals surface area contributed by atoms with Crippen molar-refractivity contribution in [3.05, 3.63) is 64.2 Å². The van der Waals surface area contributed by atoms with E-state index in [1.165, 1.54) is 0 Å². The highest BCUT2D eigenvalue weighted by atomic mass is 16.2. The first kappa shape index (κ1) is 74.6. The second-order valence-electron chi connectivity index (χ2n) is 25.6. The molecule has 11 heteroatoms. The normalized spacial score (nSPS) is 12.5. The maximum atomic E-state index is 12.7. The van der Waals surface area contributed by atoms with E-state index in [9.17, 15) is 38.4 Å². The number of carbonyl (C=O) groups excluding carboxylic acids is 8. The van der Waals surface area contributed by atoms with Crippen molar-refractivity contribution >= 4 is 52.0 Å². The molecule has 11 nitrogen and oxygen atoms in total. The van der Waals surface area contributed by atoms with Crippen LogP contribution >= 0.6 is 0 Å². The van der Waals surface area contributed by atoms with Gasteiger partial charge in [0.25, 0.3) is 0 Å². The zero-order valence-electron chi connectivity index (χ0n) is 53.2. The summed E-state index contributed by atoms with van der Waals surface area (Å²) in [6.07, 6.45) is 4.40. The first-order valence-corrected chi connectivity index (χ1v) is 29.1. The molecule has 3 N–H and O–H groups in total. The van der Waals surface area contributed by atoms with Crippen LogP contribution < -0.4 is 16.0 Å². The van der Waals surface area contributed by atoms with Crippen molar-refractivity contribution in [2.24, 2.45) is 58.7 Å². The first-order chi connectivity index (χ1) is 35.3. The maximum absolute atomic E-state index is 12.7. The van der Waals surface area contributed by atoms with Crippen LogP contribution in [0.2, 0.25) is 0 Å². The van der Waals surface area contributed by atoms with Crippen molar-refractivity contribution in [1.82, 2.24) is 10.6 Å². The van der Waals surface area contributed by atoms with Crippen molar-refractivity contribution in [1.29, 1.82) is 0 Å². The molecule has 0 spiro atoms. The van der Waals surface area contributed by atoms with E-state index < -0.39 is 5.41 Å². The van der Waals surface area contributed by atoms with Gasteiger partial charge in [-0.25, -0.2) is 0 Å². The summed E-state index contributed by atoms with van der Waals surface area (Å²) in [7, 11) is 0. The molecule has 0 fully saturated rings. The summed E-state index contributed by atoms with van der Waals surface area (Å²) in [6.45, 7) is 49.5. The third kappa shape index (κ3) is 30.5. The molecule has 438 valence electrons. The Hall–Kier alpha value is -4.48. The molecule has 2 aromatic carbocycles. The van der Waals surface area contributed by atoms with Crippen LogP contribution in [-0.2, 0) is 25.7 Å². The highest BCUT2D eigenvalue weighted by Crippen LogP contribution is 2.27. The standard InChI is InChI=1S/C19H29NO2.C17H25NO2.C16H30O2.C14H27NO2/c1-12(2)17(21)15-9-8-14(11-20-13(3)4)10-16(15)18(22)19(5,6)7;1-10(2)16(19)13-7-14(17(20)11(3)4)9-15(8-13)18-12(5)6;1-11(2)10-14(16(18)13(5)6)8-7-9-15(17)12(3)4;1-9(2)13(16)8-7-12(15-11(5)6)14(17)10(3)4/h8-10,12-13,20H,11H2,1-7H3;7-12,18H,1-6H3;11-14H,7-10H2,1-6H3;9-12,15H,7-8H2,1-6H3/t;;14-;12-/m..01/s1. The van der Waals surface area contributed by atoms with Crippen LogP contribution in [0.5, 0.6) is 0 Å². The molecule has 0 aromatic heterocycles. The van der Waals surface area contributed by atoms with E-state index in [0.717, 1.165) is 30.5 Å². The van der Waals surface area contributed by atoms with E-state index in [1.54, 1.807) is 12.1 Å². The smallest absolute Gasteiger partial charge is 0.168 e. The molecule has 0 bridgehead atoms. The highest BCUT2D eigenvalue weighted by Gasteiger charge is 2.29. The third-order valence-electron chi connectivity index (χ3n) is 12.6. The van der Waals surface area contributed by atoms with Gasteiger partial charge in [0.1, 0.15) is 17.3 Å². The Bertz CT molecular complexity index is 2130. The van der Waals surface area contributed by atoms with Gasteiger partial charge < -0.3 is 16.0 Å². The van der Waals surface area contributed by atoms with Gasteiger partial charge in [-0.05, 0) is 75.3 Å². The maximum Gasteiger partial charge on any atom is 0.168 e. The van der Waals surface area contributed by atoms with Crippen molar-refractivity contribution in [2.75, 3.05) is 5.32 Å². The Balaban J connectivity index is 0. The second kappa shape index (κ2) is 36.6. The molecule has 0 saturated heterocycles. The van der Waals surface area contributed by atoms with Gasteiger partial charge in [-0.3, -0.25) is 38.4 Å². The lowest BCUT2D eigenvalue weighted by atomic mass is 9.82. The molecule has 0 aliphatic carbocycles. The van der Waals surface area contributed by atoms with E-state index in [-0.39, 0.29) is 100 Å². The fourth-order valence-corrected chi connectivity index (χ4v) is 8.05. The van der Waals surface area contributed by atoms with E-state index in [2.05, 4.69) is 43.6 Å². The van der Waals surface area contributed by atoms with Crippen LogP contribution in [0.1, 0.15) is 259 Å². The molecule has 0 radical (unpaired) electrons. The number of ketones is 8. The Morgan fingerprint density at radius 3 is 1.31 bits per heavy atom. The molecule has 2 atom stereocenters. The van der Waals surface area contributed by atoms with Gasteiger partial charge in [0.2, 0.25) is 0 Å². The average molecular weight is 1070 g/mol. The minimum absolute atomic E-state index is 0.0143. The van der Waals surface area contributed by atoms with Crippen LogP contribution in [0, 0.1) is 58.7 Å². The number of nitrogens with one attached hydrogen (secondary N) is 3. The summed E-state index contributed by atoms with van der Waals surface area (Å²) in [5.41, 5.74) is 3.66. The van der Waals surface area contributed by atoms with Gasteiger partial charge in [0.15, 0.2) is 28.9 Å². The Labute approximate surface area is 469 Å². The molecule has 0 aliphatic rings. The highest BCUT2D eigenvalue weighted by molar-refractivity contribution is 6.11. The van der Waals surface area contributed by atoms with E-state index in [1.807, 2.05) is 170 Å². The minimum Gasteiger partial charge on any atom is -0.383 e. The number of Topliss-reactive ketones (excluding diaryl/α,β-unsaturated/α-hetero) is 8. The first-order valence-electron chi connectivity index (χ1n) is 29.1. The van der Waals surface area contributed by atoms with Gasteiger partial charge in [0, 0.05) is 118 Å². The van der Waals surface area contributed by atoms with Gasteiger partial charge in [-0.2, -0.15) is 0 Å². The third-order valence-corrected chi connectivity index (χ3v) is 12.6. The number of hydrogen-bond acceptors (Lipinski definition) is 11. The summed E-state index contributed by atoms with van der Waals surface area (Å²) in [5.74, 6) is 1.99. The Morgan fingerprint density at radius 1 is 0.468 bits per heavy atom. The number of anilines is 1. The quantitative estimate of drug-likeness (QED) is 0.0662. The van der Waals surface area contributed by atoms with Crippen LogP contribution in [0.3, 0.4) is 0 Å². The summed E-state index contributed by atoms with van der Waals surface area (Å²) < 4.78 is 0. The van der Waals surface area contributed by atoms with Crippen molar-refractivity contribution in [3.63, 3.8) is 0 Å². The number of benzene rings is 2. The lowest BCUT2D eigenvalue weighted by Gasteiger charge is -2.22. The van der Waals surface area contributed by atoms with Gasteiger partial charge in [-0.1, -0.05) is 171 Å². The van der Waals surface area contributed by atoms with Gasteiger partial charge in [0.05, 0.1) is 6.04 Å². The zero-order valence-corrected chi connectivity index (χ0v) is 53.2. The molecule has 2 aromatic rings. The van der Waals surface area contributed by atoms with Crippen LogP contribution in [0.4, 0.5) is 5.69 Å². The molecule has 0 saturated carbocycles. The average Bonchev–Trinajstić information content (AvgIpc) is 3.31. The predicted octanol–water partition coefficient (Wildman–Crippen LogP) is 15.3. The Kier molecular flexibility index (Phi) is 35.5. The van der Waals surface area contributed by atoms with Crippen molar-refractivity contribution < 1.29 is 38.4 Å². The molecule has 77 heavy (non-hydrogen) atoms. The van der Waals surface area contributed by atoms with Gasteiger partial charge >= 0.3 is 0 Å². The summed E-state index contributed by atoms with van der Waals surface area (Å²) in [5, 5.41) is 9.86. The molecular weight excluding hydrogens is 963 g/mol. The molecule has 0 aliphatic heterocycles. The van der Waals surface area contributed by atoms with Crippen LogP contribution in [0.15, 0.2) is 36.4 Å². The number of carbonyl (C=O) groups is 8. The molecule has 2 rings (SSSR count). The summed E-state index contributed by atoms with van der Waals surface area (Å²) in [4.78, 5) is 96.8. The summed E-state index contributed by atoms with van der Waals surface area (Å²) >= 11 is 0. The lowest BCUT2D eigenvalue weighted by Crippen LogP contribution is -2.43. The molecule has 0 unspecified atom stereocenters. The fourth-order valence-electron chi connectivity index (χ4n) is 8.05. The molecular formula is C66H111N3O8.